The maximum absolute atomic E-state index is 9.48. The Kier molecular flexibility index (Phi) is 3.72. The molecule has 26 heavy (non-hydrogen) atoms. The third-order valence-corrected chi connectivity index (χ3v) is 7.34. The minimum Gasteiger partial charge on any atom is -0.362 e. The highest BCUT2D eigenvalue weighted by Gasteiger charge is 2.38. The van der Waals surface area contributed by atoms with Gasteiger partial charge in [-0.2, -0.15) is 5.26 Å². The Labute approximate surface area is 159 Å². The van der Waals surface area contributed by atoms with Gasteiger partial charge in [-0.05, 0) is 91.3 Å². The van der Waals surface area contributed by atoms with Gasteiger partial charge in [-0.25, -0.2) is 0 Å². The third kappa shape index (κ3) is 2.59. The molecule has 0 amide bonds. The Morgan fingerprint density at radius 3 is 2.69 bits per heavy atom. The van der Waals surface area contributed by atoms with Crippen molar-refractivity contribution in [1.29, 1.82) is 5.26 Å². The molecule has 2 aromatic rings. The molecule has 5 rings (SSSR count). The standard InChI is InChI=1S/C23H24N2S/c1-13-14(2)25-22(16-8-9-16)19(10-15-6-7-15)21(13)20-12-26-23-17(11-24)4-3-5-18(20)23/h3-5,12,15-16,21,25H,6-10H2,1-2H3. The predicted octanol–water partition coefficient (Wildman–Crippen LogP) is 6.22. The lowest BCUT2D eigenvalue weighted by Gasteiger charge is -2.33. The second-order valence-electron chi connectivity index (χ2n) is 8.21. The summed E-state index contributed by atoms with van der Waals surface area (Å²) in [4.78, 5) is 0. The molecule has 1 aliphatic heterocycles. The highest BCUT2D eigenvalue weighted by molar-refractivity contribution is 7.17. The van der Waals surface area contributed by atoms with Crippen LogP contribution in [0.4, 0.5) is 0 Å². The van der Waals surface area contributed by atoms with Crippen LogP contribution in [0.1, 0.15) is 63.0 Å². The van der Waals surface area contributed by atoms with Crippen molar-refractivity contribution in [2.24, 2.45) is 11.8 Å². The number of nitrogens with zero attached hydrogens (tertiary/aromatic N) is 1. The molecule has 2 heterocycles. The van der Waals surface area contributed by atoms with Gasteiger partial charge in [-0.1, -0.05) is 12.1 Å². The zero-order valence-electron chi connectivity index (χ0n) is 15.4. The summed E-state index contributed by atoms with van der Waals surface area (Å²) >= 11 is 1.74. The van der Waals surface area contributed by atoms with E-state index in [1.165, 1.54) is 60.0 Å². The van der Waals surface area contributed by atoms with Crippen LogP contribution in [-0.2, 0) is 0 Å². The fourth-order valence-corrected chi connectivity index (χ4v) is 5.48. The molecular formula is C23H24N2S. The predicted molar refractivity (Wildman–Crippen MR) is 108 cm³/mol. The van der Waals surface area contributed by atoms with Gasteiger partial charge in [-0.3, -0.25) is 0 Å². The van der Waals surface area contributed by atoms with Crippen LogP contribution in [0.15, 0.2) is 46.1 Å². The molecule has 2 nitrogen and oxygen atoms in total. The van der Waals surface area contributed by atoms with E-state index in [4.69, 9.17) is 0 Å². The van der Waals surface area contributed by atoms with Crippen molar-refractivity contribution in [2.75, 3.05) is 0 Å². The smallest absolute Gasteiger partial charge is 0.101 e. The first-order valence-corrected chi connectivity index (χ1v) is 10.6. The number of hydrogen-bond donors (Lipinski definition) is 1. The van der Waals surface area contributed by atoms with Crippen LogP contribution in [-0.4, -0.2) is 0 Å². The topological polar surface area (TPSA) is 35.8 Å². The average molecular weight is 361 g/mol. The summed E-state index contributed by atoms with van der Waals surface area (Å²) in [5, 5.41) is 16.9. The van der Waals surface area contributed by atoms with Gasteiger partial charge < -0.3 is 5.32 Å². The average Bonchev–Trinajstić information content (AvgIpc) is 3.57. The van der Waals surface area contributed by atoms with E-state index in [2.05, 4.69) is 36.7 Å². The molecule has 2 aliphatic carbocycles. The summed E-state index contributed by atoms with van der Waals surface area (Å²) < 4.78 is 1.15. The van der Waals surface area contributed by atoms with Crippen LogP contribution >= 0.6 is 11.3 Å². The quantitative estimate of drug-likeness (QED) is 0.703. The largest absolute Gasteiger partial charge is 0.362 e. The van der Waals surface area contributed by atoms with Gasteiger partial charge in [0.05, 0.1) is 10.3 Å². The Morgan fingerprint density at radius 2 is 2.00 bits per heavy atom. The third-order valence-electron chi connectivity index (χ3n) is 6.29. The first kappa shape index (κ1) is 16.1. The number of dihydropyridines is 1. The van der Waals surface area contributed by atoms with Crippen molar-refractivity contribution < 1.29 is 0 Å². The zero-order chi connectivity index (χ0) is 17.8. The van der Waals surface area contributed by atoms with Gasteiger partial charge in [0.15, 0.2) is 0 Å². The van der Waals surface area contributed by atoms with E-state index in [9.17, 15) is 5.26 Å². The van der Waals surface area contributed by atoms with E-state index in [0.717, 1.165) is 22.1 Å². The molecule has 1 atom stereocenters. The maximum Gasteiger partial charge on any atom is 0.101 e. The number of fused-ring (bicyclic) bond motifs is 1. The number of nitrogens with one attached hydrogen (secondary N) is 1. The molecule has 0 bridgehead atoms. The van der Waals surface area contributed by atoms with Gasteiger partial charge >= 0.3 is 0 Å². The summed E-state index contributed by atoms with van der Waals surface area (Å²) in [6.07, 6.45) is 6.68. The molecule has 1 aromatic heterocycles. The zero-order valence-corrected chi connectivity index (χ0v) is 16.2. The van der Waals surface area contributed by atoms with Gasteiger partial charge in [0.25, 0.3) is 0 Å². The van der Waals surface area contributed by atoms with Crippen molar-refractivity contribution in [1.82, 2.24) is 5.32 Å². The number of thiophene rings is 1. The van der Waals surface area contributed by atoms with E-state index < -0.39 is 0 Å². The normalized spacial score (nSPS) is 23.3. The summed E-state index contributed by atoms with van der Waals surface area (Å²) in [5.41, 5.74) is 8.16. The van der Waals surface area contributed by atoms with Gasteiger partial charge in [0, 0.05) is 17.3 Å². The molecular weight excluding hydrogens is 336 g/mol. The second-order valence-corrected chi connectivity index (χ2v) is 9.09. The van der Waals surface area contributed by atoms with Gasteiger partial charge in [0.1, 0.15) is 6.07 Å². The summed E-state index contributed by atoms with van der Waals surface area (Å²) in [6.45, 7) is 4.52. The highest BCUT2D eigenvalue weighted by Crippen LogP contribution is 2.51. The Bertz CT molecular complexity index is 993. The van der Waals surface area contributed by atoms with Crippen LogP contribution in [0, 0.1) is 23.2 Å². The number of benzene rings is 1. The number of hydrogen-bond acceptors (Lipinski definition) is 3. The molecule has 3 aliphatic rings. The van der Waals surface area contributed by atoms with Gasteiger partial charge in [-0.15, -0.1) is 11.3 Å². The highest BCUT2D eigenvalue weighted by atomic mass is 32.1. The van der Waals surface area contributed by atoms with Crippen LogP contribution < -0.4 is 5.32 Å². The number of allylic oxidation sites excluding steroid dienone is 4. The van der Waals surface area contributed by atoms with E-state index in [0.29, 0.717) is 5.92 Å². The number of rotatable bonds is 4. The van der Waals surface area contributed by atoms with E-state index in [1.807, 2.05) is 12.1 Å². The van der Waals surface area contributed by atoms with Crippen molar-refractivity contribution in [3.8, 4) is 6.07 Å². The lowest BCUT2D eigenvalue weighted by molar-refractivity contribution is 0.660. The molecule has 2 saturated carbocycles. The van der Waals surface area contributed by atoms with E-state index in [-0.39, 0.29) is 0 Å². The van der Waals surface area contributed by atoms with Crippen LogP contribution in [0.3, 0.4) is 0 Å². The second kappa shape index (κ2) is 5.99. The first-order valence-electron chi connectivity index (χ1n) is 9.75. The molecule has 2 fully saturated rings. The first-order chi connectivity index (χ1) is 12.7. The van der Waals surface area contributed by atoms with Crippen molar-refractivity contribution in [2.45, 2.75) is 51.9 Å². The SMILES string of the molecule is CC1=C(C)C(c2csc3c(C#N)cccc23)C(CC2CC2)=C(C2CC2)N1. The fraction of sp³-hybridized carbons (Fsp3) is 0.435. The monoisotopic (exact) mass is 360 g/mol. The van der Waals surface area contributed by atoms with Crippen molar-refractivity contribution >= 4 is 21.4 Å². The Morgan fingerprint density at radius 1 is 1.19 bits per heavy atom. The van der Waals surface area contributed by atoms with E-state index in [1.54, 1.807) is 16.9 Å². The lowest BCUT2D eigenvalue weighted by Crippen LogP contribution is -2.26. The van der Waals surface area contributed by atoms with Crippen molar-refractivity contribution in [3.05, 3.63) is 57.2 Å². The minimum absolute atomic E-state index is 0.384. The van der Waals surface area contributed by atoms with Gasteiger partial charge in [0.2, 0.25) is 0 Å². The summed E-state index contributed by atoms with van der Waals surface area (Å²) in [6, 6.07) is 8.56. The molecule has 0 saturated heterocycles. The number of nitriles is 1. The summed E-state index contributed by atoms with van der Waals surface area (Å²) in [7, 11) is 0. The van der Waals surface area contributed by atoms with Crippen molar-refractivity contribution in [3.63, 3.8) is 0 Å². The molecule has 1 aromatic carbocycles. The molecule has 1 unspecified atom stereocenters. The molecule has 1 N–H and O–H groups in total. The Hall–Kier alpha value is -2.05. The molecule has 0 radical (unpaired) electrons. The van der Waals surface area contributed by atoms with Crippen LogP contribution in [0.25, 0.3) is 10.1 Å². The van der Waals surface area contributed by atoms with Crippen LogP contribution in [0.2, 0.25) is 0 Å². The molecule has 0 spiro atoms. The fourth-order valence-electron chi connectivity index (χ4n) is 4.42. The molecule has 132 valence electrons. The minimum atomic E-state index is 0.384. The Balaban J connectivity index is 1.69. The summed E-state index contributed by atoms with van der Waals surface area (Å²) in [5.74, 6) is 2.01. The van der Waals surface area contributed by atoms with E-state index >= 15 is 0 Å². The van der Waals surface area contributed by atoms with Crippen LogP contribution in [0.5, 0.6) is 0 Å². The molecule has 3 heteroatoms. The maximum atomic E-state index is 9.48. The lowest BCUT2D eigenvalue weighted by atomic mass is 9.78.